The van der Waals surface area contributed by atoms with Gasteiger partial charge in [0.1, 0.15) is 8.80 Å². The highest BCUT2D eigenvalue weighted by Gasteiger charge is 2.45. The summed E-state index contributed by atoms with van der Waals surface area (Å²) in [6, 6.07) is 22.1. The molecule has 23 heavy (non-hydrogen) atoms. The molecule has 2 heteroatoms. The monoisotopic (exact) mass is 322 g/mol. The van der Waals surface area contributed by atoms with Gasteiger partial charge in [-0.1, -0.05) is 77.1 Å². The Morgan fingerprint density at radius 1 is 0.957 bits per heavy atom. The zero-order valence-corrected chi connectivity index (χ0v) is 15.3. The molecular formula is C21H26OSi. The van der Waals surface area contributed by atoms with E-state index in [1.54, 1.807) is 0 Å². The van der Waals surface area contributed by atoms with Gasteiger partial charge in [-0.25, -0.2) is 0 Å². The van der Waals surface area contributed by atoms with E-state index in [1.807, 2.05) is 0 Å². The van der Waals surface area contributed by atoms with Crippen LogP contribution in [0.2, 0.25) is 0 Å². The number of allylic oxidation sites excluding steroid dienone is 1. The average molecular weight is 323 g/mol. The molecule has 1 fully saturated rings. The van der Waals surface area contributed by atoms with Crippen molar-refractivity contribution in [3.05, 3.63) is 72.3 Å². The zero-order chi connectivity index (χ0) is 16.1. The summed E-state index contributed by atoms with van der Waals surface area (Å²) in [6.07, 6.45) is 5.85. The van der Waals surface area contributed by atoms with Gasteiger partial charge in [-0.15, -0.1) is 0 Å². The molecule has 1 aliphatic rings. The van der Waals surface area contributed by atoms with Crippen molar-refractivity contribution in [2.75, 3.05) is 6.61 Å². The summed E-state index contributed by atoms with van der Waals surface area (Å²) in [5.74, 6) is 0. The van der Waals surface area contributed by atoms with Gasteiger partial charge >= 0.3 is 0 Å². The SMILES string of the molecule is CC=C(C)C1([SiH](c2ccccc2)c2ccccc2)CCCCO1. The molecule has 0 N–H and O–H groups in total. The van der Waals surface area contributed by atoms with Crippen molar-refractivity contribution < 1.29 is 4.74 Å². The Morgan fingerprint density at radius 3 is 1.96 bits per heavy atom. The van der Waals surface area contributed by atoms with Crippen molar-refractivity contribution in [1.29, 1.82) is 0 Å². The smallest absolute Gasteiger partial charge is 0.143 e. The van der Waals surface area contributed by atoms with Gasteiger partial charge in [-0.2, -0.15) is 0 Å². The molecule has 0 saturated carbocycles. The lowest BCUT2D eigenvalue weighted by Gasteiger charge is -2.44. The third-order valence-electron chi connectivity index (χ3n) is 5.13. The van der Waals surface area contributed by atoms with Crippen LogP contribution >= 0.6 is 0 Å². The Labute approximate surface area is 141 Å². The standard InChI is InChI=1S/C21H26OSi/c1-3-18(2)21(16-10-11-17-22-21)23(19-12-6-4-7-13-19)20-14-8-5-9-15-20/h3-9,12-15,23H,10-11,16-17H2,1-2H3. The Balaban J connectivity index is 2.16. The summed E-state index contributed by atoms with van der Waals surface area (Å²) in [6.45, 7) is 5.29. The van der Waals surface area contributed by atoms with Crippen LogP contribution in [0.25, 0.3) is 0 Å². The highest BCUT2D eigenvalue weighted by molar-refractivity contribution is 6.88. The lowest BCUT2D eigenvalue weighted by atomic mass is 10.0. The second kappa shape index (κ2) is 7.29. The fraction of sp³-hybridized carbons (Fsp3) is 0.333. The molecule has 1 nitrogen and oxygen atoms in total. The van der Waals surface area contributed by atoms with E-state index in [0.717, 1.165) is 13.0 Å². The first kappa shape index (κ1) is 16.2. The van der Waals surface area contributed by atoms with Crippen LogP contribution in [0.5, 0.6) is 0 Å². The van der Waals surface area contributed by atoms with E-state index in [1.165, 1.54) is 28.8 Å². The number of rotatable bonds is 4. The summed E-state index contributed by atoms with van der Waals surface area (Å²) in [5.41, 5.74) is 1.40. The minimum atomic E-state index is -1.53. The molecule has 1 heterocycles. The van der Waals surface area contributed by atoms with E-state index in [4.69, 9.17) is 4.74 Å². The van der Waals surface area contributed by atoms with Crippen molar-refractivity contribution >= 4 is 19.2 Å². The van der Waals surface area contributed by atoms with Crippen LogP contribution in [0.1, 0.15) is 33.1 Å². The minimum Gasteiger partial charge on any atom is -0.374 e. The van der Waals surface area contributed by atoms with Gasteiger partial charge in [0, 0.05) is 6.61 Å². The second-order valence-electron chi connectivity index (χ2n) is 6.42. The molecule has 3 rings (SSSR count). The maximum absolute atomic E-state index is 6.58. The van der Waals surface area contributed by atoms with E-state index in [2.05, 4.69) is 80.6 Å². The molecule has 0 radical (unpaired) electrons. The quantitative estimate of drug-likeness (QED) is 0.619. The molecule has 1 saturated heterocycles. The van der Waals surface area contributed by atoms with Crippen molar-refractivity contribution in [3.63, 3.8) is 0 Å². The van der Waals surface area contributed by atoms with Gasteiger partial charge in [0.05, 0.1) is 5.22 Å². The van der Waals surface area contributed by atoms with Gasteiger partial charge in [0.15, 0.2) is 0 Å². The van der Waals surface area contributed by atoms with Gasteiger partial charge in [-0.3, -0.25) is 0 Å². The third-order valence-corrected chi connectivity index (χ3v) is 9.08. The maximum Gasteiger partial charge on any atom is 0.143 e. The van der Waals surface area contributed by atoms with Crippen LogP contribution in [0.15, 0.2) is 72.3 Å². The predicted octanol–water partition coefficient (Wildman–Crippen LogP) is 3.47. The second-order valence-corrected chi connectivity index (χ2v) is 9.55. The fourth-order valence-corrected chi connectivity index (χ4v) is 7.92. The lowest BCUT2D eigenvalue weighted by Crippen LogP contribution is -2.63. The highest BCUT2D eigenvalue weighted by atomic mass is 28.3. The molecular weight excluding hydrogens is 296 g/mol. The molecule has 2 aromatic rings. The van der Waals surface area contributed by atoms with E-state index >= 15 is 0 Å². The van der Waals surface area contributed by atoms with Gasteiger partial charge in [0.25, 0.3) is 0 Å². The number of benzene rings is 2. The minimum absolute atomic E-state index is 0.0876. The summed E-state index contributed by atoms with van der Waals surface area (Å²) in [4.78, 5) is 0. The molecule has 1 atom stereocenters. The van der Waals surface area contributed by atoms with Crippen LogP contribution in [-0.4, -0.2) is 20.6 Å². The largest absolute Gasteiger partial charge is 0.374 e. The van der Waals surface area contributed by atoms with Gasteiger partial charge < -0.3 is 4.74 Å². The van der Waals surface area contributed by atoms with Gasteiger partial charge in [-0.05, 0) is 38.7 Å². The molecule has 1 aliphatic heterocycles. The molecule has 1 unspecified atom stereocenters. The third kappa shape index (κ3) is 3.19. The normalized spacial score (nSPS) is 22.3. The van der Waals surface area contributed by atoms with Crippen LogP contribution in [0.3, 0.4) is 0 Å². The summed E-state index contributed by atoms with van der Waals surface area (Å²) in [5, 5.41) is 2.86. The molecule has 0 aliphatic carbocycles. The number of ether oxygens (including phenoxy) is 1. The molecule has 0 spiro atoms. The first-order valence-electron chi connectivity index (χ1n) is 8.65. The van der Waals surface area contributed by atoms with Crippen LogP contribution in [0.4, 0.5) is 0 Å². The summed E-state index contributed by atoms with van der Waals surface area (Å²) < 4.78 is 6.58. The van der Waals surface area contributed by atoms with Crippen LogP contribution in [-0.2, 0) is 4.74 Å². The Kier molecular flexibility index (Phi) is 5.14. The van der Waals surface area contributed by atoms with E-state index in [0.29, 0.717) is 0 Å². The summed E-state index contributed by atoms with van der Waals surface area (Å²) in [7, 11) is -1.53. The van der Waals surface area contributed by atoms with Crippen LogP contribution in [0, 0.1) is 0 Å². The first-order valence-corrected chi connectivity index (χ1v) is 10.4. The highest BCUT2D eigenvalue weighted by Crippen LogP contribution is 2.34. The number of hydrogen-bond donors (Lipinski definition) is 0. The van der Waals surface area contributed by atoms with Crippen molar-refractivity contribution in [3.8, 4) is 0 Å². The van der Waals surface area contributed by atoms with Crippen molar-refractivity contribution in [2.45, 2.75) is 38.3 Å². The lowest BCUT2D eigenvalue weighted by molar-refractivity contribution is 0.00390. The Bertz CT molecular complexity index is 603. The van der Waals surface area contributed by atoms with Crippen LogP contribution < -0.4 is 10.4 Å². The van der Waals surface area contributed by atoms with Crippen molar-refractivity contribution in [2.24, 2.45) is 0 Å². The molecule has 120 valence electrons. The predicted molar refractivity (Wildman–Crippen MR) is 101 cm³/mol. The van der Waals surface area contributed by atoms with E-state index < -0.39 is 8.80 Å². The molecule has 0 bridgehead atoms. The Morgan fingerprint density at radius 2 is 1.52 bits per heavy atom. The summed E-state index contributed by atoms with van der Waals surface area (Å²) >= 11 is 0. The fourth-order valence-electron chi connectivity index (χ4n) is 3.85. The topological polar surface area (TPSA) is 9.23 Å². The molecule has 2 aromatic carbocycles. The maximum atomic E-state index is 6.58. The first-order chi connectivity index (χ1) is 11.3. The molecule has 0 amide bonds. The zero-order valence-electron chi connectivity index (χ0n) is 14.2. The molecule has 0 aromatic heterocycles. The Hall–Kier alpha value is -1.64. The number of hydrogen-bond acceptors (Lipinski definition) is 1. The van der Waals surface area contributed by atoms with E-state index in [9.17, 15) is 0 Å². The van der Waals surface area contributed by atoms with Crippen molar-refractivity contribution in [1.82, 2.24) is 0 Å². The van der Waals surface area contributed by atoms with Gasteiger partial charge in [0.2, 0.25) is 0 Å². The van der Waals surface area contributed by atoms with E-state index in [-0.39, 0.29) is 5.22 Å². The average Bonchev–Trinajstić information content (AvgIpc) is 2.64.